The number of nitrogens with zero attached hydrogens (tertiary/aromatic N) is 1. The van der Waals surface area contributed by atoms with Crippen molar-refractivity contribution < 1.29 is 28.4 Å². The summed E-state index contributed by atoms with van der Waals surface area (Å²) in [5.41, 5.74) is -0.741. The van der Waals surface area contributed by atoms with E-state index in [4.69, 9.17) is 4.74 Å². The number of nitrogens with one attached hydrogen (secondary N) is 1. The second-order valence-corrected chi connectivity index (χ2v) is 3.77. The molecule has 0 aliphatic carbocycles. The van der Waals surface area contributed by atoms with Crippen molar-refractivity contribution in [1.29, 1.82) is 0 Å². The van der Waals surface area contributed by atoms with E-state index in [1.165, 1.54) is 0 Å². The van der Waals surface area contributed by atoms with Gasteiger partial charge in [0.15, 0.2) is 6.61 Å². The van der Waals surface area contributed by atoms with Crippen LogP contribution in [0.1, 0.15) is 6.92 Å². The molecule has 9 heteroatoms. The van der Waals surface area contributed by atoms with Crippen LogP contribution in [-0.4, -0.2) is 36.6 Å². The molecule has 0 unspecified atom stereocenters. The third kappa shape index (κ3) is 5.53. The maximum absolute atomic E-state index is 13.1. The van der Waals surface area contributed by atoms with E-state index in [2.05, 4.69) is 10.1 Å². The van der Waals surface area contributed by atoms with E-state index in [0.717, 1.165) is 18.2 Å². The minimum absolute atomic E-state index is 0.0222. The van der Waals surface area contributed by atoms with Crippen molar-refractivity contribution in [2.45, 2.75) is 6.92 Å². The van der Waals surface area contributed by atoms with Gasteiger partial charge >= 0.3 is 11.7 Å². The molecule has 0 aliphatic heterocycles. The van der Waals surface area contributed by atoms with Gasteiger partial charge in [0.2, 0.25) is 5.82 Å². The molecule has 1 rings (SSSR count). The Morgan fingerprint density at radius 1 is 1.38 bits per heavy atom. The monoisotopic (exact) mass is 300 g/mol. The number of ether oxygens (including phenoxy) is 2. The van der Waals surface area contributed by atoms with Gasteiger partial charge in [-0.05, 0) is 19.1 Å². The lowest BCUT2D eigenvalue weighted by molar-refractivity contribution is -0.387. The highest BCUT2D eigenvalue weighted by atomic mass is 19.1. The van der Waals surface area contributed by atoms with Gasteiger partial charge in [-0.3, -0.25) is 14.9 Å². The zero-order valence-corrected chi connectivity index (χ0v) is 11.1. The van der Waals surface area contributed by atoms with Gasteiger partial charge in [0.25, 0.3) is 5.91 Å². The number of nitro benzene ring substituents is 1. The highest BCUT2D eigenvalue weighted by Crippen LogP contribution is 2.21. The van der Waals surface area contributed by atoms with Gasteiger partial charge in [-0.1, -0.05) is 0 Å². The average molecular weight is 300 g/mol. The Labute approximate surface area is 119 Å². The molecule has 0 aromatic heterocycles. The normalized spacial score (nSPS) is 10.0. The number of halogens is 1. The number of hydrogen-bond acceptors (Lipinski definition) is 6. The van der Waals surface area contributed by atoms with Crippen LogP contribution < -0.4 is 5.32 Å². The standard InChI is InChI=1S/C12H13FN2O6/c1-2-20-7-12(17)21-6-11(16)14-8-3-4-9(13)10(5-8)15(18)19/h3-5H,2,6-7H2,1H3,(H,14,16). The van der Waals surface area contributed by atoms with E-state index in [-0.39, 0.29) is 12.3 Å². The van der Waals surface area contributed by atoms with Crippen LogP contribution in [0, 0.1) is 15.9 Å². The summed E-state index contributed by atoms with van der Waals surface area (Å²) in [6.07, 6.45) is 0. The molecule has 0 aliphatic rings. The first-order valence-corrected chi connectivity index (χ1v) is 5.91. The molecule has 0 bridgehead atoms. The Balaban J connectivity index is 2.53. The largest absolute Gasteiger partial charge is 0.454 e. The molecule has 0 heterocycles. The van der Waals surface area contributed by atoms with E-state index >= 15 is 0 Å². The third-order valence-electron chi connectivity index (χ3n) is 2.21. The van der Waals surface area contributed by atoms with Crippen LogP contribution in [0.5, 0.6) is 0 Å². The Morgan fingerprint density at radius 2 is 2.10 bits per heavy atom. The van der Waals surface area contributed by atoms with Gasteiger partial charge in [-0.15, -0.1) is 0 Å². The van der Waals surface area contributed by atoms with Crippen LogP contribution in [-0.2, 0) is 19.1 Å². The highest BCUT2D eigenvalue weighted by Gasteiger charge is 2.15. The molecule has 0 spiro atoms. The van der Waals surface area contributed by atoms with Crippen LogP contribution in [0.25, 0.3) is 0 Å². The fourth-order valence-electron chi connectivity index (χ4n) is 1.30. The number of anilines is 1. The third-order valence-corrected chi connectivity index (χ3v) is 2.21. The molecule has 1 aromatic carbocycles. The number of esters is 1. The molecule has 8 nitrogen and oxygen atoms in total. The molecule has 1 amide bonds. The second-order valence-electron chi connectivity index (χ2n) is 3.77. The van der Waals surface area contributed by atoms with Gasteiger partial charge in [-0.2, -0.15) is 4.39 Å². The summed E-state index contributed by atoms with van der Waals surface area (Å²) >= 11 is 0. The van der Waals surface area contributed by atoms with Crippen molar-refractivity contribution in [3.05, 3.63) is 34.1 Å². The fourth-order valence-corrected chi connectivity index (χ4v) is 1.30. The molecule has 1 aromatic rings. The quantitative estimate of drug-likeness (QED) is 0.461. The summed E-state index contributed by atoms with van der Waals surface area (Å²) in [5.74, 6) is -2.43. The molecule has 114 valence electrons. The first-order valence-electron chi connectivity index (χ1n) is 5.91. The van der Waals surface area contributed by atoms with Crippen molar-refractivity contribution in [2.75, 3.05) is 25.1 Å². The van der Waals surface area contributed by atoms with Crippen molar-refractivity contribution >= 4 is 23.3 Å². The lowest BCUT2D eigenvalue weighted by Gasteiger charge is -2.06. The zero-order valence-electron chi connectivity index (χ0n) is 11.1. The summed E-state index contributed by atoms with van der Waals surface area (Å²) in [6.45, 7) is 1.19. The van der Waals surface area contributed by atoms with Crippen molar-refractivity contribution in [1.82, 2.24) is 0 Å². The zero-order chi connectivity index (χ0) is 15.8. The number of hydrogen-bond donors (Lipinski definition) is 1. The summed E-state index contributed by atoms with van der Waals surface area (Å²) in [5, 5.41) is 12.8. The molecule has 0 saturated heterocycles. The molecular weight excluding hydrogens is 287 g/mol. The Bertz CT molecular complexity index is 549. The van der Waals surface area contributed by atoms with E-state index in [1.54, 1.807) is 6.92 Å². The summed E-state index contributed by atoms with van der Waals surface area (Å²) in [6, 6.07) is 2.88. The summed E-state index contributed by atoms with van der Waals surface area (Å²) in [7, 11) is 0. The number of amides is 1. The highest BCUT2D eigenvalue weighted by molar-refractivity contribution is 5.93. The minimum Gasteiger partial charge on any atom is -0.454 e. The van der Waals surface area contributed by atoms with Gasteiger partial charge < -0.3 is 14.8 Å². The Hall–Kier alpha value is -2.55. The first kappa shape index (κ1) is 16.5. The Morgan fingerprint density at radius 3 is 2.71 bits per heavy atom. The average Bonchev–Trinajstić information content (AvgIpc) is 2.44. The van der Waals surface area contributed by atoms with Crippen molar-refractivity contribution in [3.8, 4) is 0 Å². The Kier molecular flexibility index (Phi) is 6.21. The maximum Gasteiger partial charge on any atom is 0.332 e. The molecule has 21 heavy (non-hydrogen) atoms. The molecule has 0 radical (unpaired) electrons. The number of carbonyl (C=O) groups is 2. The number of benzene rings is 1. The van der Waals surface area contributed by atoms with E-state index in [9.17, 15) is 24.1 Å². The molecule has 0 atom stereocenters. The van der Waals surface area contributed by atoms with E-state index in [0.29, 0.717) is 6.61 Å². The van der Waals surface area contributed by atoms with Gasteiger partial charge in [0.1, 0.15) is 6.61 Å². The summed E-state index contributed by atoms with van der Waals surface area (Å²) in [4.78, 5) is 32.2. The molecule has 0 fully saturated rings. The minimum atomic E-state index is -1.01. The second kappa shape index (κ2) is 7.90. The number of rotatable bonds is 7. The van der Waals surface area contributed by atoms with Gasteiger partial charge in [0, 0.05) is 18.4 Å². The van der Waals surface area contributed by atoms with Crippen molar-refractivity contribution in [3.63, 3.8) is 0 Å². The van der Waals surface area contributed by atoms with Crippen LogP contribution in [0.4, 0.5) is 15.8 Å². The predicted molar refractivity (Wildman–Crippen MR) is 69.1 cm³/mol. The molecule has 0 saturated carbocycles. The van der Waals surface area contributed by atoms with Gasteiger partial charge in [0.05, 0.1) is 4.92 Å². The molecular formula is C12H13FN2O6. The molecule has 1 N–H and O–H groups in total. The maximum atomic E-state index is 13.1. The van der Waals surface area contributed by atoms with E-state index in [1.807, 2.05) is 0 Å². The first-order chi connectivity index (χ1) is 9.93. The van der Waals surface area contributed by atoms with E-state index < -0.39 is 34.9 Å². The number of carbonyl (C=O) groups excluding carboxylic acids is 2. The van der Waals surface area contributed by atoms with Crippen LogP contribution in [0.3, 0.4) is 0 Å². The van der Waals surface area contributed by atoms with Crippen LogP contribution in [0.2, 0.25) is 0 Å². The lowest BCUT2D eigenvalue weighted by Crippen LogP contribution is -2.23. The lowest BCUT2D eigenvalue weighted by atomic mass is 10.2. The van der Waals surface area contributed by atoms with Crippen LogP contribution >= 0.6 is 0 Å². The predicted octanol–water partition coefficient (Wildman–Crippen LogP) is 1.25. The van der Waals surface area contributed by atoms with Gasteiger partial charge in [-0.25, -0.2) is 4.79 Å². The van der Waals surface area contributed by atoms with Crippen LogP contribution in [0.15, 0.2) is 18.2 Å². The summed E-state index contributed by atoms with van der Waals surface area (Å²) < 4.78 is 22.5. The number of nitro groups is 1. The van der Waals surface area contributed by atoms with Crippen molar-refractivity contribution in [2.24, 2.45) is 0 Å². The smallest absolute Gasteiger partial charge is 0.332 e. The SMILES string of the molecule is CCOCC(=O)OCC(=O)Nc1ccc(F)c([N+](=O)[O-])c1. The fraction of sp³-hybridized carbons (Fsp3) is 0.333. The topological polar surface area (TPSA) is 108 Å².